The summed E-state index contributed by atoms with van der Waals surface area (Å²) in [7, 11) is 0. The van der Waals surface area contributed by atoms with Crippen molar-refractivity contribution in [3.8, 4) is 0 Å². The molecule has 1 amide bonds. The lowest BCUT2D eigenvalue weighted by atomic mass is 10.1. The summed E-state index contributed by atoms with van der Waals surface area (Å²) in [5, 5.41) is 2.55. The molecule has 0 bridgehead atoms. The van der Waals surface area contributed by atoms with E-state index in [9.17, 15) is 13.6 Å². The standard InChI is InChI=1S/C13H16F2N2O/c1-13(2)5-7(13)6-17-12(18)10-8(14)3-4-9(16)11(10)15/h3-4,7H,5-6,16H2,1-2H3,(H,17,18). The van der Waals surface area contributed by atoms with E-state index in [4.69, 9.17) is 5.73 Å². The highest BCUT2D eigenvalue weighted by Crippen LogP contribution is 2.50. The molecule has 2 rings (SSSR count). The average Bonchev–Trinajstić information content (AvgIpc) is 2.90. The minimum atomic E-state index is -0.998. The van der Waals surface area contributed by atoms with Gasteiger partial charge in [-0.05, 0) is 29.9 Å². The van der Waals surface area contributed by atoms with E-state index in [1.807, 2.05) is 0 Å². The van der Waals surface area contributed by atoms with Crippen LogP contribution >= 0.6 is 0 Å². The number of benzene rings is 1. The van der Waals surface area contributed by atoms with Crippen molar-refractivity contribution in [2.45, 2.75) is 20.3 Å². The van der Waals surface area contributed by atoms with Crippen molar-refractivity contribution in [1.29, 1.82) is 0 Å². The molecule has 3 nitrogen and oxygen atoms in total. The Morgan fingerprint density at radius 3 is 2.67 bits per heavy atom. The van der Waals surface area contributed by atoms with Crippen LogP contribution in [0.1, 0.15) is 30.6 Å². The highest BCUT2D eigenvalue weighted by molar-refractivity contribution is 5.95. The van der Waals surface area contributed by atoms with Crippen LogP contribution in [0.2, 0.25) is 0 Å². The molecule has 1 aromatic carbocycles. The van der Waals surface area contributed by atoms with Gasteiger partial charge < -0.3 is 11.1 Å². The third-order valence-corrected chi connectivity index (χ3v) is 3.57. The van der Waals surface area contributed by atoms with Crippen LogP contribution in [0.5, 0.6) is 0 Å². The maximum Gasteiger partial charge on any atom is 0.257 e. The maximum atomic E-state index is 13.6. The Morgan fingerprint density at radius 2 is 2.11 bits per heavy atom. The largest absolute Gasteiger partial charge is 0.396 e. The average molecular weight is 254 g/mol. The first-order chi connectivity index (χ1) is 8.33. The molecule has 98 valence electrons. The van der Waals surface area contributed by atoms with Crippen molar-refractivity contribution in [2.24, 2.45) is 11.3 Å². The van der Waals surface area contributed by atoms with Crippen LogP contribution in [0.25, 0.3) is 0 Å². The fraction of sp³-hybridized carbons (Fsp3) is 0.462. The van der Waals surface area contributed by atoms with Crippen LogP contribution < -0.4 is 11.1 Å². The van der Waals surface area contributed by atoms with E-state index in [-0.39, 0.29) is 11.1 Å². The molecule has 3 N–H and O–H groups in total. The third kappa shape index (κ3) is 2.30. The van der Waals surface area contributed by atoms with Gasteiger partial charge >= 0.3 is 0 Å². The third-order valence-electron chi connectivity index (χ3n) is 3.57. The number of amides is 1. The lowest BCUT2D eigenvalue weighted by molar-refractivity contribution is 0.0942. The zero-order chi connectivity index (χ0) is 13.5. The molecular weight excluding hydrogens is 238 g/mol. The predicted molar refractivity (Wildman–Crippen MR) is 65.0 cm³/mol. The summed E-state index contributed by atoms with van der Waals surface area (Å²) >= 11 is 0. The number of hydrogen-bond acceptors (Lipinski definition) is 2. The quantitative estimate of drug-likeness (QED) is 0.813. The van der Waals surface area contributed by atoms with E-state index in [0.717, 1.165) is 18.6 Å². The number of carbonyl (C=O) groups is 1. The molecule has 1 saturated carbocycles. The molecule has 1 aliphatic rings. The number of rotatable bonds is 3. The van der Waals surface area contributed by atoms with E-state index in [0.29, 0.717) is 12.5 Å². The van der Waals surface area contributed by atoms with E-state index in [2.05, 4.69) is 19.2 Å². The van der Waals surface area contributed by atoms with Crippen LogP contribution in [-0.4, -0.2) is 12.5 Å². The van der Waals surface area contributed by atoms with Crippen molar-refractivity contribution in [2.75, 3.05) is 12.3 Å². The number of nitrogen functional groups attached to an aromatic ring is 1. The van der Waals surface area contributed by atoms with Crippen molar-refractivity contribution in [3.05, 3.63) is 29.3 Å². The van der Waals surface area contributed by atoms with Crippen LogP contribution in [0, 0.1) is 23.0 Å². The molecule has 1 aliphatic carbocycles. The van der Waals surface area contributed by atoms with Gasteiger partial charge in [-0.3, -0.25) is 4.79 Å². The van der Waals surface area contributed by atoms with E-state index >= 15 is 0 Å². The second-order valence-electron chi connectivity index (χ2n) is 5.43. The topological polar surface area (TPSA) is 55.1 Å². The van der Waals surface area contributed by atoms with Gasteiger partial charge in [0.05, 0.1) is 5.69 Å². The summed E-state index contributed by atoms with van der Waals surface area (Å²) in [5.41, 5.74) is 4.69. The molecule has 5 heteroatoms. The Hall–Kier alpha value is -1.65. The predicted octanol–water partition coefficient (Wildman–Crippen LogP) is 2.32. The van der Waals surface area contributed by atoms with Crippen LogP contribution in [0.15, 0.2) is 12.1 Å². The summed E-state index contributed by atoms with van der Waals surface area (Å²) in [6.45, 7) is 4.61. The van der Waals surface area contributed by atoms with Gasteiger partial charge in [0.2, 0.25) is 0 Å². The van der Waals surface area contributed by atoms with Gasteiger partial charge in [0.15, 0.2) is 5.82 Å². The van der Waals surface area contributed by atoms with Gasteiger partial charge in [0.25, 0.3) is 5.91 Å². The monoisotopic (exact) mass is 254 g/mol. The summed E-state index contributed by atoms with van der Waals surface area (Å²) in [6, 6.07) is 2.10. The first kappa shape index (κ1) is 12.8. The summed E-state index contributed by atoms with van der Waals surface area (Å²) in [5.74, 6) is -2.27. The fourth-order valence-electron chi connectivity index (χ4n) is 2.01. The second-order valence-corrected chi connectivity index (χ2v) is 5.43. The first-order valence-corrected chi connectivity index (χ1v) is 5.84. The Kier molecular flexibility index (Phi) is 3.00. The SMILES string of the molecule is CC1(C)CC1CNC(=O)c1c(F)ccc(N)c1F. The number of nitrogens with two attached hydrogens (primary N) is 1. The zero-order valence-corrected chi connectivity index (χ0v) is 10.4. The van der Waals surface area contributed by atoms with Crippen molar-refractivity contribution < 1.29 is 13.6 Å². The molecular formula is C13H16F2N2O. The number of nitrogens with one attached hydrogen (secondary N) is 1. The minimum absolute atomic E-state index is 0.208. The Morgan fingerprint density at radius 1 is 1.50 bits per heavy atom. The highest BCUT2D eigenvalue weighted by atomic mass is 19.1. The molecule has 1 atom stereocenters. The van der Waals surface area contributed by atoms with Gasteiger partial charge in [0.1, 0.15) is 11.4 Å². The van der Waals surface area contributed by atoms with Crippen LogP contribution in [0.4, 0.5) is 14.5 Å². The van der Waals surface area contributed by atoms with Gasteiger partial charge in [-0.15, -0.1) is 0 Å². The first-order valence-electron chi connectivity index (χ1n) is 5.84. The Labute approximate surface area is 104 Å². The van der Waals surface area contributed by atoms with Gasteiger partial charge in [0, 0.05) is 6.54 Å². The van der Waals surface area contributed by atoms with E-state index in [1.54, 1.807) is 0 Å². The molecule has 18 heavy (non-hydrogen) atoms. The van der Waals surface area contributed by atoms with Gasteiger partial charge in [-0.1, -0.05) is 13.8 Å². The van der Waals surface area contributed by atoms with Crippen molar-refractivity contribution in [3.63, 3.8) is 0 Å². The Bertz CT molecular complexity index is 500. The molecule has 1 aromatic rings. The highest BCUT2D eigenvalue weighted by Gasteiger charge is 2.45. The fourth-order valence-corrected chi connectivity index (χ4v) is 2.01. The summed E-state index contributed by atoms with van der Waals surface area (Å²) < 4.78 is 27.0. The number of carbonyl (C=O) groups excluding carboxylic acids is 1. The lowest BCUT2D eigenvalue weighted by Crippen LogP contribution is -2.28. The number of anilines is 1. The molecule has 1 unspecified atom stereocenters. The molecule has 1 fully saturated rings. The molecule has 0 spiro atoms. The molecule has 0 radical (unpaired) electrons. The van der Waals surface area contributed by atoms with Gasteiger partial charge in [-0.2, -0.15) is 0 Å². The van der Waals surface area contributed by atoms with Crippen molar-refractivity contribution >= 4 is 11.6 Å². The maximum absolute atomic E-state index is 13.6. The smallest absolute Gasteiger partial charge is 0.257 e. The van der Waals surface area contributed by atoms with Crippen LogP contribution in [-0.2, 0) is 0 Å². The van der Waals surface area contributed by atoms with E-state index in [1.165, 1.54) is 0 Å². The number of halogens is 2. The van der Waals surface area contributed by atoms with Crippen LogP contribution in [0.3, 0.4) is 0 Å². The van der Waals surface area contributed by atoms with E-state index < -0.39 is 23.1 Å². The van der Waals surface area contributed by atoms with Crippen molar-refractivity contribution in [1.82, 2.24) is 5.32 Å². The van der Waals surface area contributed by atoms with Gasteiger partial charge in [-0.25, -0.2) is 8.78 Å². The lowest BCUT2D eigenvalue weighted by Gasteiger charge is -2.09. The molecule has 0 aromatic heterocycles. The normalized spacial score (nSPS) is 20.6. The summed E-state index contributed by atoms with van der Waals surface area (Å²) in [6.07, 6.45) is 1.01. The number of hydrogen-bond donors (Lipinski definition) is 2. The molecule has 0 aliphatic heterocycles. The minimum Gasteiger partial charge on any atom is -0.396 e. The molecule has 0 saturated heterocycles. The summed E-state index contributed by atoms with van der Waals surface area (Å²) in [4.78, 5) is 11.7. The second kappa shape index (κ2) is 4.23. The zero-order valence-electron chi connectivity index (χ0n) is 10.4. The Balaban J connectivity index is 2.07. The molecule has 0 heterocycles.